The van der Waals surface area contributed by atoms with Gasteiger partial charge in [-0.3, -0.25) is 0 Å². The highest BCUT2D eigenvalue weighted by Gasteiger charge is 2.34. The van der Waals surface area contributed by atoms with Crippen molar-refractivity contribution in [3.8, 4) is 5.75 Å². The van der Waals surface area contributed by atoms with Gasteiger partial charge in [-0.1, -0.05) is 19.8 Å². The van der Waals surface area contributed by atoms with Crippen LogP contribution >= 0.6 is 0 Å². The Morgan fingerprint density at radius 1 is 0.967 bits per heavy atom. The number of sulfonamides is 1. The lowest BCUT2D eigenvalue weighted by Gasteiger charge is -2.25. The Kier molecular flexibility index (Phi) is 6.88. The lowest BCUT2D eigenvalue weighted by molar-refractivity contribution is 0.309. The molecule has 166 valence electrons. The van der Waals surface area contributed by atoms with Gasteiger partial charge in [0.25, 0.3) is 10.0 Å². The largest absolute Gasteiger partial charge is 0.494 e. The molecule has 0 amide bonds. The van der Waals surface area contributed by atoms with Gasteiger partial charge in [-0.25, -0.2) is 8.42 Å². The van der Waals surface area contributed by atoms with Crippen LogP contribution in [0.3, 0.4) is 0 Å². The Morgan fingerprint density at radius 2 is 1.60 bits per heavy atom. The number of aromatic nitrogens is 2. The molecule has 0 bridgehead atoms. The van der Waals surface area contributed by atoms with E-state index in [1.807, 2.05) is 0 Å². The van der Waals surface area contributed by atoms with Crippen molar-refractivity contribution >= 4 is 20.0 Å². The molecule has 0 aliphatic carbocycles. The zero-order chi connectivity index (χ0) is 21.9. The van der Waals surface area contributed by atoms with Crippen LogP contribution in [-0.4, -0.2) is 50.0 Å². The fourth-order valence-corrected chi connectivity index (χ4v) is 6.88. The van der Waals surface area contributed by atoms with Gasteiger partial charge in [-0.2, -0.15) is 21.9 Å². The van der Waals surface area contributed by atoms with E-state index in [4.69, 9.17) is 4.74 Å². The van der Waals surface area contributed by atoms with Gasteiger partial charge < -0.3 is 4.74 Å². The van der Waals surface area contributed by atoms with Crippen molar-refractivity contribution in [3.05, 3.63) is 35.7 Å². The normalized spacial score (nSPS) is 16.0. The van der Waals surface area contributed by atoms with Crippen molar-refractivity contribution in [3.63, 3.8) is 0 Å². The summed E-state index contributed by atoms with van der Waals surface area (Å²) < 4.78 is 60.4. The minimum atomic E-state index is -4.04. The first kappa shape index (κ1) is 22.8. The summed E-state index contributed by atoms with van der Waals surface area (Å²) in [6, 6.07) is 6.09. The number of hydrogen-bond donors (Lipinski definition) is 0. The van der Waals surface area contributed by atoms with Crippen LogP contribution in [0.25, 0.3) is 0 Å². The lowest BCUT2D eigenvalue weighted by Crippen LogP contribution is -2.36. The van der Waals surface area contributed by atoms with Gasteiger partial charge >= 0.3 is 0 Å². The third-order valence-electron chi connectivity index (χ3n) is 5.21. The Hall–Kier alpha value is -1.91. The molecule has 1 aromatic heterocycles. The van der Waals surface area contributed by atoms with Crippen LogP contribution in [0.1, 0.15) is 50.4 Å². The van der Waals surface area contributed by atoms with Crippen LogP contribution in [0.2, 0.25) is 0 Å². The molecule has 0 spiro atoms. The molecule has 3 rings (SSSR count). The summed E-state index contributed by atoms with van der Waals surface area (Å²) in [5.74, 6) is 0.587. The van der Waals surface area contributed by atoms with Crippen molar-refractivity contribution in [2.75, 3.05) is 19.7 Å². The molecule has 0 unspecified atom stereocenters. The molecule has 1 saturated heterocycles. The lowest BCUT2D eigenvalue weighted by atomic mass is 10.2. The number of benzene rings is 1. The summed E-state index contributed by atoms with van der Waals surface area (Å²) in [6.07, 6.45) is 4.52. The Morgan fingerprint density at radius 3 is 2.20 bits per heavy atom. The average Bonchev–Trinajstić information content (AvgIpc) is 3.04. The number of hydrogen-bond acceptors (Lipinski definition) is 6. The monoisotopic (exact) mass is 455 g/mol. The van der Waals surface area contributed by atoms with Gasteiger partial charge in [-0.05, 0) is 57.4 Å². The number of nitrogens with zero attached hydrogens (tertiary/aromatic N) is 3. The fourth-order valence-electron chi connectivity index (χ4n) is 3.59. The van der Waals surface area contributed by atoms with E-state index in [0.717, 1.165) is 36.2 Å². The molecule has 10 heteroatoms. The number of aryl methyl sites for hydroxylation is 1. The van der Waals surface area contributed by atoms with Crippen molar-refractivity contribution in [1.82, 2.24) is 13.5 Å². The average molecular weight is 456 g/mol. The summed E-state index contributed by atoms with van der Waals surface area (Å²) >= 11 is 0. The molecule has 30 heavy (non-hydrogen) atoms. The third-order valence-corrected chi connectivity index (χ3v) is 9.04. The molecule has 1 aromatic carbocycles. The second-order valence-corrected chi connectivity index (χ2v) is 11.1. The Bertz CT molecular complexity index is 1080. The zero-order valence-corrected chi connectivity index (χ0v) is 19.3. The number of piperidine rings is 1. The standard InChI is InChI=1S/C20H29N3O5S2/c1-4-5-15-28-18-9-11-19(12-10-18)29(24,25)23-17(3)20(16(2)21-23)30(26,27)22-13-7-6-8-14-22/h9-12H,4-8,13-15H2,1-3H3. The summed E-state index contributed by atoms with van der Waals surface area (Å²) in [4.78, 5) is 0.00496. The molecule has 1 aliphatic rings. The van der Waals surface area contributed by atoms with E-state index in [9.17, 15) is 16.8 Å². The van der Waals surface area contributed by atoms with E-state index in [-0.39, 0.29) is 21.2 Å². The van der Waals surface area contributed by atoms with Crippen LogP contribution in [0, 0.1) is 13.8 Å². The first-order valence-corrected chi connectivity index (χ1v) is 13.1. The van der Waals surface area contributed by atoms with Gasteiger partial charge in [0.2, 0.25) is 10.0 Å². The smallest absolute Gasteiger partial charge is 0.283 e. The van der Waals surface area contributed by atoms with Crippen molar-refractivity contribution < 1.29 is 21.6 Å². The minimum absolute atomic E-state index is 0.0208. The molecule has 2 aromatic rings. The maximum atomic E-state index is 13.1. The maximum absolute atomic E-state index is 13.1. The van der Waals surface area contributed by atoms with Gasteiger partial charge in [-0.15, -0.1) is 0 Å². The second-order valence-electron chi connectivity index (χ2n) is 7.49. The quantitative estimate of drug-likeness (QED) is 0.567. The maximum Gasteiger partial charge on any atom is 0.283 e. The van der Waals surface area contributed by atoms with Crippen LogP contribution in [0.5, 0.6) is 5.75 Å². The van der Waals surface area contributed by atoms with E-state index in [1.54, 1.807) is 12.1 Å². The molecule has 0 saturated carbocycles. The third kappa shape index (κ3) is 4.40. The van der Waals surface area contributed by atoms with Crippen molar-refractivity contribution in [2.45, 2.75) is 62.7 Å². The van der Waals surface area contributed by atoms with Crippen LogP contribution in [0.15, 0.2) is 34.1 Å². The molecule has 1 aliphatic heterocycles. The van der Waals surface area contributed by atoms with Gasteiger partial charge in [0, 0.05) is 13.1 Å². The Balaban J connectivity index is 1.93. The molecule has 8 nitrogen and oxygen atoms in total. The van der Waals surface area contributed by atoms with Gasteiger partial charge in [0.1, 0.15) is 10.6 Å². The molecule has 0 N–H and O–H groups in total. The summed E-state index contributed by atoms with van der Waals surface area (Å²) in [5, 5.41) is 4.09. The van der Waals surface area contributed by atoms with Crippen LogP contribution in [0.4, 0.5) is 0 Å². The van der Waals surface area contributed by atoms with Crippen LogP contribution in [-0.2, 0) is 20.0 Å². The van der Waals surface area contributed by atoms with E-state index >= 15 is 0 Å². The van der Waals surface area contributed by atoms with E-state index in [0.29, 0.717) is 25.4 Å². The van der Waals surface area contributed by atoms with Gasteiger partial charge in [0.15, 0.2) is 0 Å². The first-order chi connectivity index (χ1) is 14.2. The van der Waals surface area contributed by atoms with Crippen molar-refractivity contribution in [1.29, 1.82) is 0 Å². The fraction of sp³-hybridized carbons (Fsp3) is 0.550. The predicted octanol–water partition coefficient (Wildman–Crippen LogP) is 3.09. The molecule has 2 heterocycles. The highest BCUT2D eigenvalue weighted by molar-refractivity contribution is 7.90. The van der Waals surface area contributed by atoms with E-state index in [1.165, 1.54) is 30.3 Å². The van der Waals surface area contributed by atoms with E-state index in [2.05, 4.69) is 12.0 Å². The zero-order valence-electron chi connectivity index (χ0n) is 17.7. The second kappa shape index (κ2) is 9.07. The molecular formula is C20H29N3O5S2. The Labute approximate surface area is 178 Å². The molecule has 0 atom stereocenters. The number of ether oxygens (including phenoxy) is 1. The minimum Gasteiger partial charge on any atom is -0.494 e. The van der Waals surface area contributed by atoms with E-state index < -0.39 is 20.0 Å². The number of rotatable bonds is 8. The summed E-state index contributed by atoms with van der Waals surface area (Å²) in [5.41, 5.74) is 0.280. The van der Waals surface area contributed by atoms with Gasteiger partial charge in [0.05, 0.1) is 22.9 Å². The van der Waals surface area contributed by atoms with Crippen LogP contribution < -0.4 is 4.74 Å². The molecular weight excluding hydrogens is 426 g/mol. The highest BCUT2D eigenvalue weighted by Crippen LogP contribution is 2.28. The first-order valence-electron chi connectivity index (χ1n) is 10.2. The molecule has 0 radical (unpaired) electrons. The topological polar surface area (TPSA) is 98.6 Å². The summed E-state index contributed by atoms with van der Waals surface area (Å²) in [6.45, 7) is 6.53. The molecule has 1 fully saturated rings. The SMILES string of the molecule is CCCCOc1ccc(S(=O)(=O)n2nc(C)c(S(=O)(=O)N3CCCCC3)c2C)cc1. The van der Waals surface area contributed by atoms with Crippen molar-refractivity contribution in [2.24, 2.45) is 0 Å². The predicted molar refractivity (Wildman–Crippen MR) is 114 cm³/mol. The highest BCUT2D eigenvalue weighted by atomic mass is 32.2. The summed E-state index contributed by atoms with van der Waals surface area (Å²) in [7, 11) is -7.84. The number of unbranched alkanes of at least 4 members (excludes halogenated alkanes) is 1.